The maximum absolute atomic E-state index is 11.9. The number of carbonyl (C=O) groups excluding carboxylic acids is 1. The van der Waals surface area contributed by atoms with Crippen LogP contribution in [-0.2, 0) is 11.2 Å². The molecule has 6 nitrogen and oxygen atoms in total. The number of hydrogen-bond acceptors (Lipinski definition) is 4. The van der Waals surface area contributed by atoms with Crippen molar-refractivity contribution >= 4 is 11.7 Å². The van der Waals surface area contributed by atoms with Crippen molar-refractivity contribution < 1.29 is 14.7 Å². The zero-order valence-electron chi connectivity index (χ0n) is 10.5. The van der Waals surface area contributed by atoms with Gasteiger partial charge in [-0.15, -0.1) is 0 Å². The highest BCUT2D eigenvalue weighted by Gasteiger charge is 2.13. The Morgan fingerprint density at radius 2 is 2.17 bits per heavy atom. The van der Waals surface area contributed by atoms with E-state index in [1.165, 1.54) is 4.90 Å². The lowest BCUT2D eigenvalue weighted by Crippen LogP contribution is -2.36. The number of likely N-dealkylation sites (N-methyl/N-ethyl adjacent to an activating group) is 1. The van der Waals surface area contributed by atoms with Crippen molar-refractivity contribution in [1.29, 1.82) is 0 Å². The first-order chi connectivity index (χ1) is 8.58. The molecule has 1 aromatic rings. The Hall–Kier alpha value is -2.24. The van der Waals surface area contributed by atoms with Crippen LogP contribution in [-0.4, -0.2) is 42.6 Å². The number of benzene rings is 1. The van der Waals surface area contributed by atoms with Crippen molar-refractivity contribution in [1.82, 2.24) is 4.90 Å². The summed E-state index contributed by atoms with van der Waals surface area (Å²) in [7, 11) is 3.15. The Morgan fingerprint density at radius 1 is 1.50 bits per heavy atom. The Labute approximate surface area is 106 Å². The largest absolute Gasteiger partial charge is 0.496 e. The summed E-state index contributed by atoms with van der Waals surface area (Å²) in [6, 6.07) is 7.31. The van der Waals surface area contributed by atoms with E-state index in [4.69, 9.17) is 15.7 Å². The smallest absolute Gasteiger partial charge is 0.227 e. The van der Waals surface area contributed by atoms with Gasteiger partial charge in [-0.3, -0.25) is 4.79 Å². The van der Waals surface area contributed by atoms with Crippen molar-refractivity contribution in [2.24, 2.45) is 10.9 Å². The van der Waals surface area contributed by atoms with Gasteiger partial charge in [0.2, 0.25) is 5.91 Å². The SMILES string of the molecule is COc1ccccc1CC(=O)N(C)CC(N)=NO. The second-order valence-corrected chi connectivity index (χ2v) is 3.83. The van der Waals surface area contributed by atoms with Gasteiger partial charge in [-0.25, -0.2) is 0 Å². The molecular formula is C12H17N3O3. The standard InChI is InChI=1S/C12H17N3O3/c1-15(8-11(13)14-17)12(16)7-9-5-3-4-6-10(9)18-2/h3-6,17H,7-8H2,1-2H3,(H2,13,14). The van der Waals surface area contributed by atoms with Crippen molar-refractivity contribution in [2.45, 2.75) is 6.42 Å². The molecule has 0 saturated heterocycles. The fourth-order valence-corrected chi connectivity index (χ4v) is 1.51. The molecule has 0 atom stereocenters. The van der Waals surface area contributed by atoms with E-state index in [-0.39, 0.29) is 24.7 Å². The molecule has 0 aliphatic heterocycles. The molecule has 98 valence electrons. The van der Waals surface area contributed by atoms with E-state index in [0.29, 0.717) is 5.75 Å². The monoisotopic (exact) mass is 251 g/mol. The first kappa shape index (κ1) is 13.8. The topological polar surface area (TPSA) is 88.2 Å². The van der Waals surface area contributed by atoms with Gasteiger partial charge in [0, 0.05) is 12.6 Å². The Kier molecular flexibility index (Phi) is 4.98. The van der Waals surface area contributed by atoms with Crippen LogP contribution in [0.5, 0.6) is 5.75 Å². The third-order valence-electron chi connectivity index (χ3n) is 2.49. The molecule has 0 radical (unpaired) electrons. The lowest BCUT2D eigenvalue weighted by molar-refractivity contribution is -0.128. The van der Waals surface area contributed by atoms with E-state index in [1.54, 1.807) is 20.2 Å². The number of methoxy groups -OCH3 is 1. The van der Waals surface area contributed by atoms with Crippen LogP contribution in [0.15, 0.2) is 29.4 Å². The van der Waals surface area contributed by atoms with Gasteiger partial charge >= 0.3 is 0 Å². The Balaban J connectivity index is 2.69. The number of hydrogen-bond donors (Lipinski definition) is 2. The average Bonchev–Trinajstić information content (AvgIpc) is 2.39. The van der Waals surface area contributed by atoms with E-state index in [0.717, 1.165) is 5.56 Å². The number of carbonyl (C=O) groups is 1. The normalized spacial score (nSPS) is 11.1. The lowest BCUT2D eigenvalue weighted by atomic mass is 10.1. The summed E-state index contributed by atoms with van der Waals surface area (Å²) in [6.07, 6.45) is 0.208. The van der Waals surface area contributed by atoms with Gasteiger partial charge in [-0.2, -0.15) is 0 Å². The molecule has 0 aromatic heterocycles. The van der Waals surface area contributed by atoms with Crippen LogP contribution in [0.2, 0.25) is 0 Å². The van der Waals surface area contributed by atoms with Crippen molar-refractivity contribution in [3.63, 3.8) is 0 Å². The highest BCUT2D eigenvalue weighted by atomic mass is 16.5. The number of ether oxygens (including phenoxy) is 1. The lowest BCUT2D eigenvalue weighted by Gasteiger charge is -2.17. The summed E-state index contributed by atoms with van der Waals surface area (Å²) in [6.45, 7) is 0.0878. The molecule has 0 heterocycles. The maximum Gasteiger partial charge on any atom is 0.227 e. The third kappa shape index (κ3) is 3.65. The van der Waals surface area contributed by atoms with Crippen LogP contribution in [0.1, 0.15) is 5.56 Å². The first-order valence-electron chi connectivity index (χ1n) is 5.40. The van der Waals surface area contributed by atoms with Crippen molar-refractivity contribution in [3.05, 3.63) is 29.8 Å². The van der Waals surface area contributed by atoms with Crippen LogP contribution in [0.25, 0.3) is 0 Å². The number of rotatable bonds is 5. The first-order valence-corrected chi connectivity index (χ1v) is 5.40. The highest BCUT2D eigenvalue weighted by Crippen LogP contribution is 2.18. The quantitative estimate of drug-likeness (QED) is 0.344. The minimum Gasteiger partial charge on any atom is -0.496 e. The van der Waals surface area contributed by atoms with Gasteiger partial charge in [0.1, 0.15) is 5.75 Å². The Bertz CT molecular complexity index is 446. The van der Waals surface area contributed by atoms with E-state index in [1.807, 2.05) is 18.2 Å². The average molecular weight is 251 g/mol. The van der Waals surface area contributed by atoms with Gasteiger partial charge in [0.15, 0.2) is 5.84 Å². The molecule has 0 saturated carbocycles. The minimum atomic E-state index is -0.133. The molecule has 3 N–H and O–H groups in total. The summed E-state index contributed by atoms with van der Waals surface area (Å²) >= 11 is 0. The summed E-state index contributed by atoms with van der Waals surface area (Å²) in [5.74, 6) is 0.528. The summed E-state index contributed by atoms with van der Waals surface area (Å²) in [5.41, 5.74) is 6.14. The number of amides is 1. The number of oxime groups is 1. The number of nitrogens with zero attached hydrogens (tertiary/aromatic N) is 2. The molecule has 0 fully saturated rings. The zero-order chi connectivity index (χ0) is 13.5. The second-order valence-electron chi connectivity index (χ2n) is 3.83. The van der Waals surface area contributed by atoms with E-state index < -0.39 is 0 Å². The molecule has 1 rings (SSSR count). The number of nitrogens with two attached hydrogens (primary N) is 1. The summed E-state index contributed by atoms with van der Waals surface area (Å²) in [4.78, 5) is 13.3. The molecule has 6 heteroatoms. The molecule has 1 amide bonds. The fourth-order valence-electron chi connectivity index (χ4n) is 1.51. The van der Waals surface area contributed by atoms with Gasteiger partial charge in [-0.1, -0.05) is 23.4 Å². The molecule has 0 aliphatic rings. The summed E-state index contributed by atoms with van der Waals surface area (Å²) < 4.78 is 5.17. The van der Waals surface area contributed by atoms with Crippen molar-refractivity contribution in [2.75, 3.05) is 20.7 Å². The van der Waals surface area contributed by atoms with Gasteiger partial charge in [-0.05, 0) is 6.07 Å². The maximum atomic E-state index is 11.9. The summed E-state index contributed by atoms with van der Waals surface area (Å²) in [5, 5.41) is 11.3. The van der Waals surface area contributed by atoms with Gasteiger partial charge < -0.3 is 20.6 Å². The third-order valence-corrected chi connectivity index (χ3v) is 2.49. The van der Waals surface area contributed by atoms with Gasteiger partial charge in [0.25, 0.3) is 0 Å². The predicted octanol–water partition coefficient (Wildman–Crippen LogP) is 0.443. The molecule has 0 aliphatic carbocycles. The van der Waals surface area contributed by atoms with Crippen LogP contribution >= 0.6 is 0 Å². The second kappa shape index (κ2) is 6.48. The van der Waals surface area contributed by atoms with E-state index >= 15 is 0 Å². The molecule has 0 unspecified atom stereocenters. The molecular weight excluding hydrogens is 234 g/mol. The fraction of sp³-hybridized carbons (Fsp3) is 0.333. The molecule has 18 heavy (non-hydrogen) atoms. The van der Waals surface area contributed by atoms with Crippen LogP contribution < -0.4 is 10.5 Å². The predicted molar refractivity (Wildman–Crippen MR) is 67.7 cm³/mol. The van der Waals surface area contributed by atoms with Crippen molar-refractivity contribution in [3.8, 4) is 5.75 Å². The molecule has 0 spiro atoms. The number of amidine groups is 1. The van der Waals surface area contributed by atoms with Gasteiger partial charge in [0.05, 0.1) is 20.1 Å². The number of para-hydroxylation sites is 1. The van der Waals surface area contributed by atoms with E-state index in [2.05, 4.69) is 5.16 Å². The van der Waals surface area contributed by atoms with Crippen LogP contribution in [0.4, 0.5) is 0 Å². The molecule has 0 bridgehead atoms. The highest BCUT2D eigenvalue weighted by molar-refractivity contribution is 5.87. The van der Waals surface area contributed by atoms with Crippen LogP contribution in [0, 0.1) is 0 Å². The minimum absolute atomic E-state index is 0.00845. The molecule has 1 aromatic carbocycles. The van der Waals surface area contributed by atoms with Crippen LogP contribution in [0.3, 0.4) is 0 Å². The zero-order valence-corrected chi connectivity index (χ0v) is 10.5. The van der Waals surface area contributed by atoms with E-state index in [9.17, 15) is 4.79 Å². The Morgan fingerprint density at radius 3 is 2.78 bits per heavy atom.